The summed E-state index contributed by atoms with van der Waals surface area (Å²) < 4.78 is 5.24. The van der Waals surface area contributed by atoms with Crippen molar-refractivity contribution in [3.63, 3.8) is 0 Å². The Morgan fingerprint density at radius 2 is 1.85 bits per heavy atom. The standard InChI is InChI=1S/C26H32N6O7/c1-26(2,3)39-22(35)14-18(20(33)15-28-27)30-24(37)19-10-7-13-31-21(34)12-11-17(25(38)32(19)31)29-23(36)16-8-5-4-6-9-16/h4-6,8-9,15,17-19H,7,10-14H2,1-3H3,(H,29,36)(H,30,37)/t17-,18-,19-/m0/s1. The molecule has 1 aromatic carbocycles. The summed E-state index contributed by atoms with van der Waals surface area (Å²) in [6.07, 6.45) is 0.595. The van der Waals surface area contributed by atoms with Gasteiger partial charge in [0, 0.05) is 18.5 Å². The Bertz CT molecular complexity index is 1190. The van der Waals surface area contributed by atoms with E-state index in [0.717, 1.165) is 5.01 Å². The lowest BCUT2D eigenvalue weighted by Gasteiger charge is -2.43. The molecule has 13 heteroatoms. The number of hydrazine groups is 1. The van der Waals surface area contributed by atoms with Gasteiger partial charge in [-0.3, -0.25) is 33.8 Å². The molecule has 0 bridgehead atoms. The Hall–Kier alpha value is -4.38. The van der Waals surface area contributed by atoms with E-state index in [1.165, 1.54) is 5.01 Å². The fourth-order valence-electron chi connectivity index (χ4n) is 4.42. The molecule has 3 atom stereocenters. The summed E-state index contributed by atoms with van der Waals surface area (Å²) in [6, 6.07) is 4.57. The van der Waals surface area contributed by atoms with Crippen LogP contribution in [0, 0.1) is 0 Å². The number of fused-ring (bicyclic) bond motifs is 1. The maximum absolute atomic E-state index is 13.6. The predicted octanol–water partition coefficient (Wildman–Crippen LogP) is 0.400. The fraction of sp³-hybridized carbons (Fsp3) is 0.500. The summed E-state index contributed by atoms with van der Waals surface area (Å²) in [5.41, 5.74) is 8.30. The van der Waals surface area contributed by atoms with Gasteiger partial charge in [0.05, 0.1) is 6.42 Å². The molecule has 0 saturated carbocycles. The molecule has 2 aliphatic rings. The highest BCUT2D eigenvalue weighted by Gasteiger charge is 2.45. The molecule has 1 aromatic rings. The van der Waals surface area contributed by atoms with Crippen molar-refractivity contribution in [3.05, 3.63) is 41.4 Å². The zero-order valence-corrected chi connectivity index (χ0v) is 22.1. The second kappa shape index (κ2) is 12.4. The van der Waals surface area contributed by atoms with Crippen LogP contribution in [0.15, 0.2) is 30.3 Å². The molecular formula is C26H32N6O7. The second-order valence-corrected chi connectivity index (χ2v) is 10.3. The summed E-state index contributed by atoms with van der Waals surface area (Å²) in [5, 5.41) is 7.35. The monoisotopic (exact) mass is 540 g/mol. The molecule has 0 radical (unpaired) electrons. The molecular weight excluding hydrogens is 508 g/mol. The van der Waals surface area contributed by atoms with Crippen LogP contribution >= 0.6 is 0 Å². The van der Waals surface area contributed by atoms with E-state index < -0.39 is 59.6 Å². The van der Waals surface area contributed by atoms with Crippen LogP contribution in [-0.2, 0) is 28.7 Å². The molecule has 0 spiro atoms. The van der Waals surface area contributed by atoms with E-state index in [1.807, 2.05) is 0 Å². The zero-order valence-electron chi connectivity index (χ0n) is 22.1. The van der Waals surface area contributed by atoms with Crippen molar-refractivity contribution in [2.45, 2.75) is 76.6 Å². The van der Waals surface area contributed by atoms with Crippen LogP contribution in [0.4, 0.5) is 0 Å². The number of nitrogens with zero attached hydrogens (tertiary/aromatic N) is 4. The Balaban J connectivity index is 1.82. The van der Waals surface area contributed by atoms with Crippen LogP contribution in [-0.4, -0.2) is 86.7 Å². The second-order valence-electron chi connectivity index (χ2n) is 10.3. The Morgan fingerprint density at radius 3 is 2.49 bits per heavy atom. The Kier molecular flexibility index (Phi) is 9.31. The molecule has 2 N–H and O–H groups in total. The third-order valence-electron chi connectivity index (χ3n) is 6.14. The topological polar surface area (TPSA) is 179 Å². The molecule has 2 aliphatic heterocycles. The van der Waals surface area contributed by atoms with Gasteiger partial charge in [-0.1, -0.05) is 18.2 Å². The van der Waals surface area contributed by atoms with E-state index in [4.69, 9.17) is 10.3 Å². The lowest BCUT2D eigenvalue weighted by atomic mass is 10.0. The van der Waals surface area contributed by atoms with Crippen molar-refractivity contribution in [2.24, 2.45) is 0 Å². The van der Waals surface area contributed by atoms with E-state index in [1.54, 1.807) is 51.1 Å². The van der Waals surface area contributed by atoms with E-state index in [9.17, 15) is 28.8 Å². The first-order chi connectivity index (χ1) is 18.4. The van der Waals surface area contributed by atoms with Crippen LogP contribution in [0.2, 0.25) is 0 Å². The Morgan fingerprint density at radius 1 is 1.15 bits per heavy atom. The van der Waals surface area contributed by atoms with E-state index in [0.29, 0.717) is 18.2 Å². The van der Waals surface area contributed by atoms with Crippen molar-refractivity contribution < 1.29 is 38.3 Å². The van der Waals surface area contributed by atoms with Crippen LogP contribution in [0.5, 0.6) is 0 Å². The van der Waals surface area contributed by atoms with Crippen molar-refractivity contribution >= 4 is 41.6 Å². The van der Waals surface area contributed by atoms with Crippen LogP contribution in [0.3, 0.4) is 0 Å². The van der Waals surface area contributed by atoms with Gasteiger partial charge in [0.1, 0.15) is 23.7 Å². The average molecular weight is 541 g/mol. The smallest absolute Gasteiger partial charge is 0.325 e. The van der Waals surface area contributed by atoms with Gasteiger partial charge in [0.15, 0.2) is 0 Å². The number of esters is 1. The molecule has 208 valence electrons. The molecule has 2 heterocycles. The minimum absolute atomic E-state index is 0.0248. The minimum Gasteiger partial charge on any atom is -0.460 e. The first kappa shape index (κ1) is 29.2. The number of ether oxygens (including phenoxy) is 1. The van der Waals surface area contributed by atoms with Gasteiger partial charge in [-0.15, -0.1) is 0 Å². The maximum atomic E-state index is 13.6. The molecule has 0 aromatic heterocycles. The van der Waals surface area contributed by atoms with Gasteiger partial charge in [-0.25, -0.2) is 5.01 Å². The SMILES string of the molecule is CC(C)(C)OC(=O)C[C@H](NC(=O)[C@@H]1CCCN2C(=O)CC[C@H](NC(=O)c3ccccc3)C(=O)N12)C(=O)C=[N+]=[N-]. The number of carbonyl (C=O) groups is 6. The highest BCUT2D eigenvalue weighted by molar-refractivity contribution is 6.28. The zero-order chi connectivity index (χ0) is 28.7. The number of ketones is 1. The fourth-order valence-corrected chi connectivity index (χ4v) is 4.42. The molecule has 13 nitrogen and oxygen atoms in total. The van der Waals surface area contributed by atoms with E-state index in [2.05, 4.69) is 15.4 Å². The lowest BCUT2D eigenvalue weighted by molar-refractivity contribution is -0.176. The van der Waals surface area contributed by atoms with Crippen molar-refractivity contribution in [2.75, 3.05) is 6.54 Å². The van der Waals surface area contributed by atoms with E-state index in [-0.39, 0.29) is 31.7 Å². The van der Waals surface area contributed by atoms with Gasteiger partial charge in [0.2, 0.25) is 11.8 Å². The number of amides is 4. The minimum atomic E-state index is -1.44. The Labute approximate surface area is 225 Å². The van der Waals surface area contributed by atoms with E-state index >= 15 is 0 Å². The van der Waals surface area contributed by atoms with Gasteiger partial charge >= 0.3 is 12.2 Å². The highest BCUT2D eigenvalue weighted by atomic mass is 16.6. The van der Waals surface area contributed by atoms with Crippen molar-refractivity contribution in [3.8, 4) is 0 Å². The summed E-state index contributed by atoms with van der Waals surface area (Å²) in [7, 11) is 0. The maximum Gasteiger partial charge on any atom is 0.325 e. The number of nitrogens with one attached hydrogen (secondary N) is 2. The van der Waals surface area contributed by atoms with Gasteiger partial charge in [-0.2, -0.15) is 4.79 Å². The first-order valence-electron chi connectivity index (χ1n) is 12.6. The van der Waals surface area contributed by atoms with Crippen LogP contribution < -0.4 is 10.6 Å². The molecule has 0 unspecified atom stereocenters. The number of benzene rings is 1. The van der Waals surface area contributed by atoms with Crippen molar-refractivity contribution in [1.29, 1.82) is 0 Å². The number of hydrogen-bond donors (Lipinski definition) is 2. The molecule has 4 amide bonds. The number of carbonyl (C=O) groups excluding carboxylic acids is 6. The average Bonchev–Trinajstić information content (AvgIpc) is 2.99. The van der Waals surface area contributed by atoms with Crippen LogP contribution in [0.1, 0.15) is 63.2 Å². The highest BCUT2D eigenvalue weighted by Crippen LogP contribution is 2.25. The number of rotatable bonds is 8. The summed E-state index contributed by atoms with van der Waals surface area (Å²) in [5.74, 6) is -3.95. The molecule has 3 rings (SSSR count). The normalized spacial score (nSPS) is 20.1. The number of hydrogen-bond acceptors (Lipinski definition) is 7. The first-order valence-corrected chi connectivity index (χ1v) is 12.6. The third kappa shape index (κ3) is 7.57. The summed E-state index contributed by atoms with van der Waals surface area (Å²) in [4.78, 5) is 80.2. The lowest BCUT2D eigenvalue weighted by Crippen LogP contribution is -2.64. The summed E-state index contributed by atoms with van der Waals surface area (Å²) >= 11 is 0. The predicted molar refractivity (Wildman–Crippen MR) is 136 cm³/mol. The number of Topliss-reactive ketones (excluding diaryl/α,β-unsaturated/α-hetero) is 1. The largest absolute Gasteiger partial charge is 0.460 e. The van der Waals surface area contributed by atoms with Gasteiger partial charge in [0.25, 0.3) is 17.6 Å². The molecule has 39 heavy (non-hydrogen) atoms. The van der Waals surface area contributed by atoms with Gasteiger partial charge in [-0.05, 0) is 52.2 Å². The molecule has 0 aliphatic carbocycles. The van der Waals surface area contributed by atoms with Crippen molar-refractivity contribution in [1.82, 2.24) is 20.7 Å². The van der Waals surface area contributed by atoms with Crippen LogP contribution in [0.25, 0.3) is 5.53 Å². The molecule has 2 saturated heterocycles. The quantitative estimate of drug-likeness (QED) is 0.207. The third-order valence-corrected chi connectivity index (χ3v) is 6.14. The molecule has 2 fully saturated rings. The summed E-state index contributed by atoms with van der Waals surface area (Å²) in [6.45, 7) is 5.12. The van der Waals surface area contributed by atoms with Gasteiger partial charge < -0.3 is 20.9 Å².